The summed E-state index contributed by atoms with van der Waals surface area (Å²) in [5, 5.41) is 3.62. The molecule has 0 spiro atoms. The van der Waals surface area contributed by atoms with E-state index in [0.717, 1.165) is 99.5 Å². The molecule has 8 nitrogen and oxygen atoms in total. The number of hydrogen-bond donors (Lipinski definition) is 0. The fourth-order valence-electron chi connectivity index (χ4n) is 10.1. The summed E-state index contributed by atoms with van der Waals surface area (Å²) in [7, 11) is 0. The molecule has 0 saturated carbocycles. The summed E-state index contributed by atoms with van der Waals surface area (Å²) < 4.78 is 0. The van der Waals surface area contributed by atoms with Crippen LogP contribution in [0.15, 0.2) is 255 Å². The predicted octanol–water partition coefficient (Wildman–Crippen LogP) is 18.0. The minimum Gasteiger partial charge on any atom is -0.245 e. The third-order valence-corrected chi connectivity index (χ3v) is 13.9. The molecule has 13 rings (SSSR count). The molecule has 0 aliphatic heterocycles. The second kappa shape index (κ2) is 22.0. The molecule has 0 N–H and O–H groups in total. The van der Waals surface area contributed by atoms with Gasteiger partial charge in [0.2, 0.25) is 0 Å². The van der Waals surface area contributed by atoms with Crippen molar-refractivity contribution in [2.45, 2.75) is 20.8 Å². The molecule has 7 aromatic carbocycles. The minimum absolute atomic E-state index is 0.541. The van der Waals surface area contributed by atoms with Gasteiger partial charge in [0.25, 0.3) is 0 Å². The van der Waals surface area contributed by atoms with Crippen LogP contribution in [-0.2, 0) is 0 Å². The van der Waals surface area contributed by atoms with E-state index < -0.39 is 0 Å². The molecular formula is C71H52N8. The van der Waals surface area contributed by atoms with Crippen LogP contribution in [0.25, 0.3) is 140 Å². The Labute approximate surface area is 459 Å². The summed E-state index contributed by atoms with van der Waals surface area (Å²) in [4.78, 5) is 42.8. The second-order valence-electron chi connectivity index (χ2n) is 18.6. The molecule has 13 aromatic rings. The first-order chi connectivity index (χ1) is 39.1. The van der Waals surface area contributed by atoms with Gasteiger partial charge >= 0.3 is 0 Å². The van der Waals surface area contributed by atoms with Gasteiger partial charge in [-0.1, -0.05) is 221 Å². The monoisotopic (exact) mass is 1020 g/mol. The summed E-state index contributed by atoms with van der Waals surface area (Å²) >= 11 is 0. The van der Waals surface area contributed by atoms with Crippen molar-refractivity contribution in [3.8, 4) is 90.3 Å². The maximum absolute atomic E-state index is 5.40. The Hall–Kier alpha value is -10.4. The van der Waals surface area contributed by atoms with Gasteiger partial charge in [-0.3, -0.25) is 0 Å². The molecule has 79 heavy (non-hydrogen) atoms. The maximum atomic E-state index is 5.40. The van der Waals surface area contributed by atoms with Crippen LogP contribution in [0.4, 0.5) is 0 Å². The Morgan fingerprint density at radius 3 is 1.19 bits per heavy atom. The Balaban J connectivity index is 0.00000308. The average molecular weight is 1020 g/mol. The van der Waals surface area contributed by atoms with Gasteiger partial charge in [0.05, 0.1) is 45.2 Å². The van der Waals surface area contributed by atoms with Crippen LogP contribution in [-0.4, -0.2) is 39.9 Å². The number of nitrogens with zero attached hydrogens (tertiary/aromatic N) is 8. The smallest absolute Gasteiger partial charge is 0.160 e. The molecule has 8 heteroatoms. The van der Waals surface area contributed by atoms with Crippen LogP contribution in [0.3, 0.4) is 0 Å². The Kier molecular flexibility index (Phi) is 13.8. The maximum Gasteiger partial charge on any atom is 0.160 e. The molecule has 0 bridgehead atoms. The van der Waals surface area contributed by atoms with Crippen molar-refractivity contribution in [1.29, 1.82) is 0 Å². The van der Waals surface area contributed by atoms with Crippen molar-refractivity contribution in [3.05, 3.63) is 261 Å². The van der Waals surface area contributed by atoms with Crippen molar-refractivity contribution in [3.63, 3.8) is 0 Å². The number of rotatable bonds is 11. The molecule has 6 aromatic heterocycles. The van der Waals surface area contributed by atoms with Crippen molar-refractivity contribution in [2.24, 2.45) is 0 Å². The van der Waals surface area contributed by atoms with Gasteiger partial charge in [-0.25, -0.2) is 39.9 Å². The molecule has 0 unspecified atom stereocenters. The highest BCUT2D eigenvalue weighted by Crippen LogP contribution is 2.41. The molecule has 376 valence electrons. The zero-order chi connectivity index (χ0) is 53.7. The van der Waals surface area contributed by atoms with Crippen molar-refractivity contribution in [1.82, 2.24) is 39.9 Å². The third-order valence-electron chi connectivity index (χ3n) is 13.9. The predicted molar refractivity (Wildman–Crippen MR) is 327 cm³/mol. The summed E-state index contributed by atoms with van der Waals surface area (Å²) in [6.07, 6.45) is 7.64. The number of fused-ring (bicyclic) bond motifs is 6. The molecule has 6 heterocycles. The fraction of sp³-hybridized carbons (Fsp3) is 0.0423. The number of aromatic nitrogens is 8. The zero-order valence-electron chi connectivity index (χ0n) is 44.0. The number of benzene rings is 7. The third kappa shape index (κ3) is 9.64. The SMILES string of the molecule is C=C/C=C\C(=C/C)c1nc(-c2cccc(-c3cccc(-c4nc(-c5ccccc5)nc5c4ccc4c(-c6ccccc6)cc(-c6ccccc6)nc45)n3)n2)c2ccc3c(-c4ccccc4)cc(-c4ccccc4)nc3c2n1.CC. The standard InChI is InChI=1S/C69H46N8.C2H6/c1-3-5-23-44(4-2)68-74-62(52-40-38-50-54(45-24-11-6-12-25-45)42-60(47-28-15-8-16-29-47)72-64(50)66(52)76-68)58-36-21-34-56(70-58)57-35-22-37-59(71-57)63-53-41-39-51-55(46-26-13-7-14-27-46)43-61(48-30-17-9-18-31-48)73-65(51)67(53)77-69(75-63)49-32-19-10-20-33-49;1-2/h3-43H,1H2,2H3;1-2H3/b23-5-,44-4+;. The molecule has 0 fully saturated rings. The lowest BCUT2D eigenvalue weighted by Crippen LogP contribution is -2.02. The molecule has 0 atom stereocenters. The van der Waals surface area contributed by atoms with Gasteiger partial charge in [0.15, 0.2) is 11.6 Å². The average Bonchev–Trinajstić information content (AvgIpc) is 3.65. The van der Waals surface area contributed by atoms with Crippen LogP contribution < -0.4 is 0 Å². The Bertz CT molecular complexity index is 4450. The van der Waals surface area contributed by atoms with E-state index in [1.165, 1.54) is 0 Å². The highest BCUT2D eigenvalue weighted by molar-refractivity contribution is 6.14. The lowest BCUT2D eigenvalue weighted by molar-refractivity contribution is 1.15. The van der Waals surface area contributed by atoms with Crippen LogP contribution in [0.5, 0.6) is 0 Å². The van der Waals surface area contributed by atoms with E-state index in [1.54, 1.807) is 6.08 Å². The van der Waals surface area contributed by atoms with Crippen LogP contribution in [0.1, 0.15) is 26.6 Å². The van der Waals surface area contributed by atoms with Crippen LogP contribution in [0, 0.1) is 0 Å². The first-order valence-electron chi connectivity index (χ1n) is 26.6. The van der Waals surface area contributed by atoms with E-state index in [1.807, 2.05) is 154 Å². The lowest BCUT2D eigenvalue weighted by Gasteiger charge is -2.15. The fourth-order valence-corrected chi connectivity index (χ4v) is 10.1. The van der Waals surface area contributed by atoms with E-state index in [2.05, 4.69) is 116 Å². The van der Waals surface area contributed by atoms with Crippen molar-refractivity contribution in [2.75, 3.05) is 0 Å². The summed E-state index contributed by atoms with van der Waals surface area (Å²) in [6, 6.07) is 76.4. The minimum atomic E-state index is 0.541. The van der Waals surface area contributed by atoms with Gasteiger partial charge in [0.1, 0.15) is 22.4 Å². The Morgan fingerprint density at radius 1 is 0.342 bits per heavy atom. The number of allylic oxidation sites excluding steroid dienone is 5. The molecule has 0 radical (unpaired) electrons. The topological polar surface area (TPSA) is 103 Å². The molecule has 0 aliphatic rings. The lowest BCUT2D eigenvalue weighted by atomic mass is 9.96. The Morgan fingerprint density at radius 2 is 0.734 bits per heavy atom. The van der Waals surface area contributed by atoms with E-state index >= 15 is 0 Å². The van der Waals surface area contributed by atoms with Gasteiger partial charge in [-0.2, -0.15) is 0 Å². The van der Waals surface area contributed by atoms with Crippen LogP contribution in [0.2, 0.25) is 0 Å². The molecule has 0 aliphatic carbocycles. The highest BCUT2D eigenvalue weighted by atomic mass is 14.9. The first kappa shape index (κ1) is 49.4. The second-order valence-corrected chi connectivity index (χ2v) is 18.6. The molecular weight excluding hydrogens is 965 g/mol. The van der Waals surface area contributed by atoms with Gasteiger partial charge in [-0.15, -0.1) is 0 Å². The van der Waals surface area contributed by atoms with Crippen molar-refractivity contribution < 1.29 is 0 Å². The van der Waals surface area contributed by atoms with Gasteiger partial charge < -0.3 is 0 Å². The van der Waals surface area contributed by atoms with Gasteiger partial charge in [0, 0.05) is 43.8 Å². The summed E-state index contributed by atoms with van der Waals surface area (Å²) in [6.45, 7) is 9.93. The zero-order valence-corrected chi connectivity index (χ0v) is 44.0. The van der Waals surface area contributed by atoms with E-state index in [-0.39, 0.29) is 0 Å². The summed E-state index contributed by atoms with van der Waals surface area (Å²) in [5.41, 5.74) is 16.8. The van der Waals surface area contributed by atoms with E-state index in [0.29, 0.717) is 45.8 Å². The first-order valence-corrected chi connectivity index (χ1v) is 26.6. The normalized spacial score (nSPS) is 11.6. The van der Waals surface area contributed by atoms with E-state index in [4.69, 9.17) is 39.9 Å². The quantitative estimate of drug-likeness (QED) is 0.0932. The van der Waals surface area contributed by atoms with Crippen LogP contribution >= 0.6 is 0 Å². The largest absolute Gasteiger partial charge is 0.245 e. The molecule has 0 saturated heterocycles. The number of pyridine rings is 4. The van der Waals surface area contributed by atoms with E-state index in [9.17, 15) is 0 Å². The highest BCUT2D eigenvalue weighted by Gasteiger charge is 2.22. The number of hydrogen-bond acceptors (Lipinski definition) is 8. The molecule has 0 amide bonds. The summed E-state index contributed by atoms with van der Waals surface area (Å²) in [5.74, 6) is 1.12. The van der Waals surface area contributed by atoms with Gasteiger partial charge in [-0.05, 0) is 77.7 Å². The van der Waals surface area contributed by atoms with Crippen molar-refractivity contribution >= 4 is 49.2 Å².